The Bertz CT molecular complexity index is 1040. The van der Waals surface area contributed by atoms with Crippen molar-refractivity contribution < 1.29 is 5.11 Å². The zero-order chi connectivity index (χ0) is 19.8. The van der Waals surface area contributed by atoms with Gasteiger partial charge in [0.1, 0.15) is 0 Å². The van der Waals surface area contributed by atoms with Gasteiger partial charge in [-0.25, -0.2) is 0 Å². The fourth-order valence-electron chi connectivity index (χ4n) is 4.73. The van der Waals surface area contributed by atoms with E-state index in [-0.39, 0.29) is 0 Å². The Balaban J connectivity index is 1.90. The third-order valence-electron chi connectivity index (χ3n) is 6.14. The van der Waals surface area contributed by atoms with E-state index < -0.39 is 6.10 Å². The van der Waals surface area contributed by atoms with Crippen molar-refractivity contribution >= 4 is 16.5 Å². The summed E-state index contributed by atoms with van der Waals surface area (Å²) >= 11 is 0. The molecule has 0 fully saturated rings. The van der Waals surface area contributed by atoms with E-state index in [2.05, 4.69) is 92.1 Å². The summed E-state index contributed by atoms with van der Waals surface area (Å²) in [6.07, 6.45) is 6.16. The third kappa shape index (κ3) is 3.12. The predicted molar refractivity (Wildman–Crippen MR) is 119 cm³/mol. The summed E-state index contributed by atoms with van der Waals surface area (Å²) in [7, 11) is 0. The molecule has 28 heavy (non-hydrogen) atoms. The van der Waals surface area contributed by atoms with Crippen LogP contribution in [0.5, 0.6) is 0 Å². The van der Waals surface area contributed by atoms with E-state index >= 15 is 0 Å². The molecule has 1 aliphatic rings. The second-order valence-electron chi connectivity index (χ2n) is 8.13. The first-order chi connectivity index (χ1) is 13.5. The molecule has 1 aromatic heterocycles. The van der Waals surface area contributed by atoms with Gasteiger partial charge in [0.25, 0.3) is 0 Å². The monoisotopic (exact) mass is 371 g/mol. The van der Waals surface area contributed by atoms with Gasteiger partial charge in [0, 0.05) is 11.1 Å². The lowest BCUT2D eigenvalue weighted by molar-refractivity contribution is 0.242. The standard InChI is InChI=1S/C26H29NO/c1-17-16-24(19(3)22(17)15-14-18(2)28)26-20(4)23-12-8-9-13-25(23)27(26)21-10-6-5-7-11-21/h5-19,22,28H,1-4H3. The normalized spacial score (nSPS) is 23.5. The lowest BCUT2D eigenvalue weighted by atomic mass is 9.86. The molecule has 1 aliphatic carbocycles. The maximum absolute atomic E-state index is 9.69. The van der Waals surface area contributed by atoms with Crippen LogP contribution >= 0.6 is 0 Å². The Morgan fingerprint density at radius 3 is 2.39 bits per heavy atom. The van der Waals surface area contributed by atoms with Crippen molar-refractivity contribution in [3.63, 3.8) is 0 Å². The zero-order valence-corrected chi connectivity index (χ0v) is 17.1. The summed E-state index contributed by atoms with van der Waals surface area (Å²) in [5.74, 6) is 1.25. The van der Waals surface area contributed by atoms with Gasteiger partial charge in [-0.1, -0.05) is 68.5 Å². The number of fused-ring (bicyclic) bond motifs is 1. The number of allylic oxidation sites excluding steroid dienone is 3. The van der Waals surface area contributed by atoms with Crippen LogP contribution in [0.2, 0.25) is 0 Å². The number of benzene rings is 2. The quantitative estimate of drug-likeness (QED) is 0.546. The van der Waals surface area contributed by atoms with E-state index in [1.165, 1.54) is 33.4 Å². The Morgan fingerprint density at radius 1 is 1.00 bits per heavy atom. The molecule has 0 aliphatic heterocycles. The minimum absolute atomic E-state index is 0.399. The van der Waals surface area contributed by atoms with Gasteiger partial charge in [-0.05, 0) is 60.9 Å². The van der Waals surface area contributed by atoms with Crippen molar-refractivity contribution in [2.24, 2.45) is 17.8 Å². The highest BCUT2D eigenvalue weighted by Gasteiger charge is 2.33. The highest BCUT2D eigenvalue weighted by atomic mass is 16.3. The molecular weight excluding hydrogens is 342 g/mol. The average molecular weight is 372 g/mol. The number of para-hydroxylation sites is 2. The third-order valence-corrected chi connectivity index (χ3v) is 6.14. The fourth-order valence-corrected chi connectivity index (χ4v) is 4.73. The molecule has 2 aromatic carbocycles. The molecule has 0 bridgehead atoms. The molecule has 3 aromatic rings. The number of nitrogens with zero attached hydrogens (tertiary/aromatic N) is 1. The van der Waals surface area contributed by atoms with E-state index in [1.54, 1.807) is 0 Å². The Labute approximate surface area is 167 Å². The maximum Gasteiger partial charge on any atom is 0.0692 e. The van der Waals surface area contributed by atoms with Crippen molar-refractivity contribution in [2.75, 3.05) is 0 Å². The molecule has 1 N–H and O–H groups in total. The minimum atomic E-state index is -0.402. The summed E-state index contributed by atoms with van der Waals surface area (Å²) in [6, 6.07) is 19.3. The molecule has 0 spiro atoms. The van der Waals surface area contributed by atoms with Crippen LogP contribution in [-0.4, -0.2) is 15.8 Å². The lowest BCUT2D eigenvalue weighted by Gasteiger charge is -2.21. The van der Waals surface area contributed by atoms with Crippen molar-refractivity contribution in [1.29, 1.82) is 0 Å². The summed E-state index contributed by atoms with van der Waals surface area (Å²) in [6.45, 7) is 8.66. The number of aryl methyl sites for hydroxylation is 1. The van der Waals surface area contributed by atoms with Crippen molar-refractivity contribution in [3.05, 3.63) is 84.1 Å². The van der Waals surface area contributed by atoms with Gasteiger partial charge < -0.3 is 9.67 Å². The van der Waals surface area contributed by atoms with Gasteiger partial charge in [-0.15, -0.1) is 0 Å². The van der Waals surface area contributed by atoms with Crippen LogP contribution in [0.15, 0.2) is 72.8 Å². The maximum atomic E-state index is 9.69. The van der Waals surface area contributed by atoms with Crippen LogP contribution in [0.4, 0.5) is 0 Å². The molecule has 2 heteroatoms. The second kappa shape index (κ2) is 7.44. The van der Waals surface area contributed by atoms with Crippen molar-refractivity contribution in [3.8, 4) is 5.69 Å². The van der Waals surface area contributed by atoms with Gasteiger partial charge in [0.15, 0.2) is 0 Å². The summed E-state index contributed by atoms with van der Waals surface area (Å²) in [5, 5.41) is 11.0. The van der Waals surface area contributed by atoms with Crippen LogP contribution in [0, 0.1) is 24.7 Å². The molecule has 0 saturated heterocycles. The molecule has 4 atom stereocenters. The van der Waals surface area contributed by atoms with E-state index in [4.69, 9.17) is 0 Å². The summed E-state index contributed by atoms with van der Waals surface area (Å²) in [4.78, 5) is 0. The Hall–Kier alpha value is -2.58. The van der Waals surface area contributed by atoms with Gasteiger partial charge in [0.05, 0.1) is 17.3 Å². The highest BCUT2D eigenvalue weighted by Crippen LogP contribution is 2.45. The van der Waals surface area contributed by atoms with Crippen LogP contribution < -0.4 is 0 Å². The minimum Gasteiger partial charge on any atom is -0.389 e. The predicted octanol–water partition coefficient (Wildman–Crippen LogP) is 6.16. The summed E-state index contributed by atoms with van der Waals surface area (Å²) < 4.78 is 2.42. The first kappa shape index (κ1) is 18.8. The zero-order valence-electron chi connectivity index (χ0n) is 17.1. The first-order valence-electron chi connectivity index (χ1n) is 10.2. The van der Waals surface area contributed by atoms with Gasteiger partial charge >= 0.3 is 0 Å². The van der Waals surface area contributed by atoms with Crippen molar-refractivity contribution in [2.45, 2.75) is 33.8 Å². The van der Waals surface area contributed by atoms with E-state index in [0.29, 0.717) is 17.8 Å². The van der Waals surface area contributed by atoms with Crippen molar-refractivity contribution in [1.82, 2.24) is 4.57 Å². The molecule has 0 saturated carbocycles. The van der Waals surface area contributed by atoms with Gasteiger partial charge in [-0.3, -0.25) is 0 Å². The number of aromatic nitrogens is 1. The van der Waals surface area contributed by atoms with Gasteiger partial charge in [0.2, 0.25) is 0 Å². The molecule has 0 radical (unpaired) electrons. The fraction of sp³-hybridized carbons (Fsp3) is 0.308. The lowest BCUT2D eigenvalue weighted by Crippen LogP contribution is -2.12. The van der Waals surface area contributed by atoms with Crippen LogP contribution in [0.1, 0.15) is 32.0 Å². The van der Waals surface area contributed by atoms with Gasteiger partial charge in [-0.2, -0.15) is 0 Å². The van der Waals surface area contributed by atoms with E-state index in [9.17, 15) is 5.11 Å². The number of hydrogen-bond acceptors (Lipinski definition) is 1. The van der Waals surface area contributed by atoms with Crippen LogP contribution in [0.3, 0.4) is 0 Å². The van der Waals surface area contributed by atoms with E-state index in [1.807, 2.05) is 13.0 Å². The number of rotatable bonds is 4. The second-order valence-corrected chi connectivity index (χ2v) is 8.13. The highest BCUT2D eigenvalue weighted by molar-refractivity contribution is 5.92. The topological polar surface area (TPSA) is 25.2 Å². The average Bonchev–Trinajstić information content (AvgIpc) is 3.14. The van der Waals surface area contributed by atoms with E-state index in [0.717, 1.165) is 0 Å². The molecule has 144 valence electrons. The molecule has 2 nitrogen and oxygen atoms in total. The number of aliphatic hydroxyl groups excluding tert-OH is 1. The summed E-state index contributed by atoms with van der Waals surface area (Å²) in [5.41, 5.74) is 6.52. The Morgan fingerprint density at radius 2 is 1.68 bits per heavy atom. The molecular formula is C26H29NO. The number of aliphatic hydroxyl groups is 1. The smallest absolute Gasteiger partial charge is 0.0692 e. The molecule has 4 rings (SSSR count). The molecule has 4 unspecified atom stereocenters. The SMILES string of the molecule is Cc1c(C2=CC(C)C(C=CC(C)O)C2C)n(-c2ccccc2)c2ccccc12. The van der Waals surface area contributed by atoms with Crippen LogP contribution in [0.25, 0.3) is 22.2 Å². The number of hydrogen-bond donors (Lipinski definition) is 1. The first-order valence-corrected chi connectivity index (χ1v) is 10.2. The Kier molecular flexibility index (Phi) is 4.99. The van der Waals surface area contributed by atoms with Crippen LogP contribution in [-0.2, 0) is 0 Å². The molecule has 0 amide bonds. The molecule has 1 heterocycles. The largest absolute Gasteiger partial charge is 0.389 e.